The Bertz CT molecular complexity index is 1280. The Balaban J connectivity index is 1.79. The molecule has 180 valence electrons. The number of ether oxygens (including phenoxy) is 1. The predicted molar refractivity (Wildman–Crippen MR) is 127 cm³/mol. The lowest BCUT2D eigenvalue weighted by atomic mass is 9.97. The van der Waals surface area contributed by atoms with Crippen molar-refractivity contribution < 1.29 is 18.8 Å². The van der Waals surface area contributed by atoms with Crippen LogP contribution in [0.3, 0.4) is 0 Å². The molecule has 4 rings (SSSR count). The number of hydroxylamine groups is 1. The van der Waals surface area contributed by atoms with Gasteiger partial charge in [0.25, 0.3) is 11.5 Å². The molecular weight excluding hydrogens is 439 g/mol. The van der Waals surface area contributed by atoms with E-state index < -0.39 is 11.7 Å². The summed E-state index contributed by atoms with van der Waals surface area (Å²) in [6, 6.07) is 7.44. The summed E-state index contributed by atoms with van der Waals surface area (Å²) in [6.07, 6.45) is 1.63. The summed E-state index contributed by atoms with van der Waals surface area (Å²) >= 11 is 0. The molecule has 1 atom stereocenters. The highest BCUT2D eigenvalue weighted by Crippen LogP contribution is 2.31. The quantitative estimate of drug-likeness (QED) is 0.536. The third-order valence-electron chi connectivity index (χ3n) is 6.23. The van der Waals surface area contributed by atoms with Gasteiger partial charge in [-0.15, -0.1) is 0 Å². The average Bonchev–Trinajstić information content (AvgIpc) is 2.83. The monoisotopic (exact) mass is 468 g/mol. The third-order valence-corrected chi connectivity index (χ3v) is 6.23. The molecule has 1 saturated heterocycles. The number of hydrogen-bond donors (Lipinski definition) is 2. The first kappa shape index (κ1) is 23.8. The van der Waals surface area contributed by atoms with Gasteiger partial charge >= 0.3 is 0 Å². The molecule has 1 amide bonds. The van der Waals surface area contributed by atoms with Gasteiger partial charge in [0.15, 0.2) is 0 Å². The van der Waals surface area contributed by atoms with Crippen LogP contribution in [0.4, 0.5) is 10.1 Å². The van der Waals surface area contributed by atoms with Crippen LogP contribution in [-0.4, -0.2) is 35.8 Å². The van der Waals surface area contributed by atoms with Crippen molar-refractivity contribution in [2.75, 3.05) is 25.6 Å². The Morgan fingerprint density at radius 2 is 2.00 bits per heavy atom. The van der Waals surface area contributed by atoms with Gasteiger partial charge < -0.3 is 10.1 Å². The summed E-state index contributed by atoms with van der Waals surface area (Å²) in [4.78, 5) is 35.4. The minimum absolute atomic E-state index is 0.0921. The van der Waals surface area contributed by atoms with Gasteiger partial charge in [-0.25, -0.2) is 14.9 Å². The highest BCUT2D eigenvalue weighted by Gasteiger charge is 2.24. The van der Waals surface area contributed by atoms with Crippen molar-refractivity contribution in [2.45, 2.75) is 38.6 Å². The zero-order valence-electron chi connectivity index (χ0n) is 19.8. The van der Waals surface area contributed by atoms with E-state index in [1.807, 2.05) is 26.0 Å². The number of amides is 1. The van der Waals surface area contributed by atoms with Crippen molar-refractivity contribution in [1.29, 1.82) is 0 Å². The largest absolute Gasteiger partial charge is 0.381 e. The third kappa shape index (κ3) is 4.67. The second-order valence-corrected chi connectivity index (χ2v) is 8.66. The minimum atomic E-state index is -0.570. The number of aromatic nitrogens is 2. The van der Waals surface area contributed by atoms with E-state index in [9.17, 15) is 14.0 Å². The van der Waals surface area contributed by atoms with Gasteiger partial charge in [-0.2, -0.15) is 0 Å². The van der Waals surface area contributed by atoms with Crippen LogP contribution in [0, 0.1) is 12.7 Å². The van der Waals surface area contributed by atoms with Gasteiger partial charge in [0.1, 0.15) is 11.6 Å². The summed E-state index contributed by atoms with van der Waals surface area (Å²) in [5, 5.41) is 3.83. The zero-order valence-corrected chi connectivity index (χ0v) is 19.8. The smallest absolute Gasteiger partial charge is 0.277 e. The molecule has 1 fully saturated rings. The lowest BCUT2D eigenvalue weighted by Crippen LogP contribution is -2.28. The zero-order chi connectivity index (χ0) is 24.4. The van der Waals surface area contributed by atoms with Crippen molar-refractivity contribution >= 4 is 22.5 Å². The molecule has 0 spiro atoms. The number of benzene rings is 2. The van der Waals surface area contributed by atoms with Crippen LogP contribution >= 0.6 is 0 Å². The SMILES string of the molecule is CONC(=O)c1cc(F)ccc1N[C@H](C)c1cc(C)cc2c(=O)n(C)c(C3CCOCC3)nc12. The second-order valence-electron chi connectivity index (χ2n) is 8.66. The Labute approximate surface area is 197 Å². The number of hydrogen-bond acceptors (Lipinski definition) is 6. The van der Waals surface area contributed by atoms with E-state index in [0.717, 1.165) is 35.9 Å². The van der Waals surface area contributed by atoms with Crippen molar-refractivity contribution in [3.63, 3.8) is 0 Å². The number of nitrogens with one attached hydrogen (secondary N) is 2. The molecule has 9 heteroatoms. The van der Waals surface area contributed by atoms with Crippen molar-refractivity contribution in [3.8, 4) is 0 Å². The highest BCUT2D eigenvalue weighted by atomic mass is 19.1. The molecule has 0 radical (unpaired) electrons. The summed E-state index contributed by atoms with van der Waals surface area (Å²) in [6.45, 7) is 5.14. The van der Waals surface area contributed by atoms with Gasteiger partial charge in [-0.3, -0.25) is 19.0 Å². The first-order valence-corrected chi connectivity index (χ1v) is 11.3. The molecule has 2 heterocycles. The number of carbonyl (C=O) groups excluding carboxylic acids is 1. The molecule has 1 aromatic heterocycles. The molecule has 8 nitrogen and oxygen atoms in total. The number of rotatable bonds is 6. The lowest BCUT2D eigenvalue weighted by Gasteiger charge is -2.25. The van der Waals surface area contributed by atoms with Crippen LogP contribution in [0.2, 0.25) is 0 Å². The Morgan fingerprint density at radius 3 is 2.71 bits per heavy atom. The molecule has 1 aliphatic heterocycles. The van der Waals surface area contributed by atoms with Crippen LogP contribution in [-0.2, 0) is 16.6 Å². The van der Waals surface area contributed by atoms with Crippen molar-refractivity contribution in [1.82, 2.24) is 15.0 Å². The van der Waals surface area contributed by atoms with Crippen LogP contribution in [0.25, 0.3) is 10.9 Å². The standard InChI is InChI=1S/C25H29FN4O4/c1-14-11-18(15(2)27-21-6-5-17(26)13-19(21)24(31)29-33-4)22-20(12-14)25(32)30(3)23(28-22)16-7-9-34-10-8-16/h5-6,11-13,15-16,27H,7-10H2,1-4H3,(H,29,31)/t15-/m1/s1. The number of fused-ring (bicyclic) bond motifs is 1. The first-order valence-electron chi connectivity index (χ1n) is 11.3. The van der Waals surface area contributed by atoms with Crippen LogP contribution in [0.1, 0.15) is 59.0 Å². The molecule has 0 unspecified atom stereocenters. The molecule has 0 aliphatic carbocycles. The second kappa shape index (κ2) is 9.90. The summed E-state index contributed by atoms with van der Waals surface area (Å²) < 4.78 is 21.0. The van der Waals surface area contributed by atoms with E-state index in [-0.39, 0.29) is 23.1 Å². The Hall–Kier alpha value is -3.30. The maximum Gasteiger partial charge on any atom is 0.277 e. The first-order chi connectivity index (χ1) is 16.3. The lowest BCUT2D eigenvalue weighted by molar-refractivity contribution is 0.0538. The maximum atomic E-state index is 13.9. The molecule has 0 saturated carbocycles. The number of carbonyl (C=O) groups is 1. The van der Waals surface area contributed by atoms with Crippen molar-refractivity contribution in [3.05, 3.63) is 69.0 Å². The minimum Gasteiger partial charge on any atom is -0.381 e. The van der Waals surface area contributed by atoms with E-state index in [1.165, 1.54) is 19.2 Å². The fraction of sp³-hybridized carbons (Fsp3) is 0.400. The van der Waals surface area contributed by atoms with Crippen LogP contribution in [0.15, 0.2) is 35.1 Å². The number of halogens is 1. The summed E-state index contributed by atoms with van der Waals surface area (Å²) in [5.74, 6) is -0.207. The van der Waals surface area contributed by atoms with Gasteiger partial charge in [0, 0.05) is 37.4 Å². The van der Waals surface area contributed by atoms with Crippen LogP contribution in [0.5, 0.6) is 0 Å². The van der Waals surface area contributed by atoms with E-state index in [1.54, 1.807) is 11.6 Å². The molecule has 1 aliphatic rings. The highest BCUT2D eigenvalue weighted by molar-refractivity contribution is 5.99. The van der Waals surface area contributed by atoms with E-state index in [4.69, 9.17) is 14.6 Å². The topological polar surface area (TPSA) is 94.5 Å². The fourth-order valence-electron chi connectivity index (χ4n) is 4.51. The van der Waals surface area contributed by atoms with Gasteiger partial charge in [0.05, 0.1) is 29.6 Å². The van der Waals surface area contributed by atoms with E-state index in [0.29, 0.717) is 29.8 Å². The number of nitrogens with zero attached hydrogens (tertiary/aromatic N) is 2. The molecular formula is C25H29FN4O4. The average molecular weight is 469 g/mol. The fourth-order valence-corrected chi connectivity index (χ4v) is 4.51. The van der Waals surface area contributed by atoms with Gasteiger partial charge in [0.2, 0.25) is 0 Å². The summed E-state index contributed by atoms with van der Waals surface area (Å²) in [7, 11) is 3.08. The Morgan fingerprint density at radius 1 is 1.26 bits per heavy atom. The molecule has 2 N–H and O–H groups in total. The number of anilines is 1. The molecule has 34 heavy (non-hydrogen) atoms. The molecule has 3 aromatic rings. The molecule has 2 aromatic carbocycles. The summed E-state index contributed by atoms with van der Waals surface area (Å²) in [5.41, 5.74) is 5.05. The van der Waals surface area contributed by atoms with E-state index >= 15 is 0 Å². The van der Waals surface area contributed by atoms with Gasteiger partial charge in [-0.1, -0.05) is 6.07 Å². The van der Waals surface area contributed by atoms with Crippen molar-refractivity contribution in [2.24, 2.45) is 7.05 Å². The molecule has 0 bridgehead atoms. The van der Waals surface area contributed by atoms with E-state index in [2.05, 4.69) is 10.8 Å². The van der Waals surface area contributed by atoms with Gasteiger partial charge in [-0.05, 0) is 56.5 Å². The Kier molecular flexibility index (Phi) is 6.95. The normalized spacial score (nSPS) is 15.3. The maximum absolute atomic E-state index is 13.9. The number of aryl methyl sites for hydroxylation is 1. The van der Waals surface area contributed by atoms with Crippen LogP contribution < -0.4 is 16.4 Å². The predicted octanol–water partition coefficient (Wildman–Crippen LogP) is 3.74.